The van der Waals surface area contributed by atoms with Gasteiger partial charge >= 0.3 is 0 Å². The monoisotopic (exact) mass is 150 g/mol. The van der Waals surface area contributed by atoms with Crippen LogP contribution in [0.1, 0.15) is 37.4 Å². The highest BCUT2D eigenvalue weighted by atomic mass is 15.1. The SMILES string of the molecule is CCC(C)c1cc(C)cnn1. The molecule has 0 saturated carbocycles. The van der Waals surface area contributed by atoms with Crippen molar-refractivity contribution in [2.24, 2.45) is 0 Å². The summed E-state index contributed by atoms with van der Waals surface area (Å²) in [5.74, 6) is 0.530. The van der Waals surface area contributed by atoms with Crippen molar-refractivity contribution in [1.82, 2.24) is 10.2 Å². The van der Waals surface area contributed by atoms with Crippen molar-refractivity contribution in [1.29, 1.82) is 0 Å². The van der Waals surface area contributed by atoms with E-state index in [1.165, 1.54) is 5.56 Å². The smallest absolute Gasteiger partial charge is 0.0661 e. The average molecular weight is 150 g/mol. The minimum atomic E-state index is 0.530. The summed E-state index contributed by atoms with van der Waals surface area (Å²) in [4.78, 5) is 0. The molecule has 1 rings (SSSR count). The molecule has 0 aliphatic heterocycles. The van der Waals surface area contributed by atoms with Crippen molar-refractivity contribution in [3.8, 4) is 0 Å². The van der Waals surface area contributed by atoms with Crippen molar-refractivity contribution in [3.05, 3.63) is 23.5 Å². The lowest BCUT2D eigenvalue weighted by Gasteiger charge is -2.05. The normalized spacial score (nSPS) is 13.0. The summed E-state index contributed by atoms with van der Waals surface area (Å²) < 4.78 is 0. The number of nitrogens with zero attached hydrogens (tertiary/aromatic N) is 2. The van der Waals surface area contributed by atoms with Crippen LogP contribution >= 0.6 is 0 Å². The fourth-order valence-corrected chi connectivity index (χ4v) is 0.936. The highest BCUT2D eigenvalue weighted by Gasteiger charge is 2.03. The summed E-state index contributed by atoms with van der Waals surface area (Å²) in [5.41, 5.74) is 2.29. The van der Waals surface area contributed by atoms with Gasteiger partial charge in [-0.3, -0.25) is 0 Å². The molecule has 1 aromatic heterocycles. The van der Waals surface area contributed by atoms with E-state index in [1.54, 1.807) is 6.20 Å². The summed E-state index contributed by atoms with van der Waals surface area (Å²) in [6, 6.07) is 2.10. The second kappa shape index (κ2) is 3.46. The van der Waals surface area contributed by atoms with Crippen LogP contribution in [0.4, 0.5) is 0 Å². The Hall–Kier alpha value is -0.920. The molecular weight excluding hydrogens is 136 g/mol. The maximum absolute atomic E-state index is 4.06. The predicted molar refractivity (Wildman–Crippen MR) is 45.5 cm³/mol. The highest BCUT2D eigenvalue weighted by molar-refractivity contribution is 5.13. The molecule has 1 heterocycles. The fraction of sp³-hybridized carbons (Fsp3) is 0.556. The van der Waals surface area contributed by atoms with E-state index in [0.717, 1.165) is 12.1 Å². The van der Waals surface area contributed by atoms with E-state index in [2.05, 4.69) is 30.1 Å². The van der Waals surface area contributed by atoms with Gasteiger partial charge in [-0.15, -0.1) is 0 Å². The van der Waals surface area contributed by atoms with Crippen LogP contribution in [0.25, 0.3) is 0 Å². The quantitative estimate of drug-likeness (QED) is 0.646. The molecule has 0 aliphatic rings. The number of rotatable bonds is 2. The maximum atomic E-state index is 4.06. The van der Waals surface area contributed by atoms with Gasteiger partial charge < -0.3 is 0 Å². The zero-order chi connectivity index (χ0) is 8.27. The van der Waals surface area contributed by atoms with E-state index in [0.29, 0.717) is 5.92 Å². The second-order valence-electron chi connectivity index (χ2n) is 2.97. The Kier molecular flexibility index (Phi) is 2.58. The minimum Gasteiger partial charge on any atom is -0.159 e. The lowest BCUT2D eigenvalue weighted by molar-refractivity contribution is 0.688. The molecule has 0 bridgehead atoms. The third-order valence-corrected chi connectivity index (χ3v) is 1.93. The van der Waals surface area contributed by atoms with E-state index in [1.807, 2.05) is 6.92 Å². The Morgan fingerprint density at radius 3 is 2.82 bits per heavy atom. The molecular formula is C9H14N2. The summed E-state index contributed by atoms with van der Waals surface area (Å²) >= 11 is 0. The standard InChI is InChI=1S/C9H14N2/c1-4-8(3)9-5-7(2)6-10-11-9/h5-6,8H,4H2,1-3H3. The Labute approximate surface area is 67.7 Å². The number of aryl methyl sites for hydroxylation is 1. The van der Waals surface area contributed by atoms with E-state index in [-0.39, 0.29) is 0 Å². The van der Waals surface area contributed by atoms with Gasteiger partial charge in [0, 0.05) is 0 Å². The van der Waals surface area contributed by atoms with Gasteiger partial charge in [0.2, 0.25) is 0 Å². The van der Waals surface area contributed by atoms with Gasteiger partial charge in [-0.1, -0.05) is 13.8 Å². The molecule has 2 heteroatoms. The molecule has 0 saturated heterocycles. The molecule has 0 amide bonds. The van der Waals surface area contributed by atoms with Crippen LogP contribution < -0.4 is 0 Å². The average Bonchev–Trinajstić information content (AvgIpc) is 2.03. The molecule has 0 N–H and O–H groups in total. The third kappa shape index (κ3) is 2.00. The van der Waals surface area contributed by atoms with Gasteiger partial charge in [0.05, 0.1) is 11.9 Å². The largest absolute Gasteiger partial charge is 0.159 e. The van der Waals surface area contributed by atoms with E-state index < -0.39 is 0 Å². The van der Waals surface area contributed by atoms with Crippen LogP contribution in [0.3, 0.4) is 0 Å². The Balaban J connectivity index is 2.86. The van der Waals surface area contributed by atoms with Crippen molar-refractivity contribution in [3.63, 3.8) is 0 Å². The first-order valence-electron chi connectivity index (χ1n) is 4.03. The van der Waals surface area contributed by atoms with E-state index in [4.69, 9.17) is 0 Å². The molecule has 0 aromatic carbocycles. The van der Waals surface area contributed by atoms with Crippen LogP contribution in [0.15, 0.2) is 12.3 Å². The predicted octanol–water partition coefficient (Wildman–Crippen LogP) is 2.30. The fourth-order valence-electron chi connectivity index (χ4n) is 0.936. The third-order valence-electron chi connectivity index (χ3n) is 1.93. The maximum Gasteiger partial charge on any atom is 0.0661 e. The molecule has 60 valence electrons. The lowest BCUT2D eigenvalue weighted by Crippen LogP contribution is -1.97. The summed E-state index contributed by atoms with van der Waals surface area (Å²) in [5, 5.41) is 7.96. The molecule has 11 heavy (non-hydrogen) atoms. The van der Waals surface area contributed by atoms with Crippen molar-refractivity contribution in [2.75, 3.05) is 0 Å². The zero-order valence-electron chi connectivity index (χ0n) is 7.33. The molecule has 0 spiro atoms. The zero-order valence-corrected chi connectivity index (χ0v) is 7.33. The highest BCUT2D eigenvalue weighted by Crippen LogP contribution is 2.15. The molecule has 0 radical (unpaired) electrons. The van der Waals surface area contributed by atoms with Gasteiger partial charge in [0.25, 0.3) is 0 Å². The Bertz CT molecular complexity index is 233. The first-order valence-corrected chi connectivity index (χ1v) is 4.03. The number of hydrogen-bond acceptors (Lipinski definition) is 2. The van der Waals surface area contributed by atoms with Crippen molar-refractivity contribution >= 4 is 0 Å². The lowest BCUT2D eigenvalue weighted by atomic mass is 10.0. The first kappa shape index (κ1) is 8.18. The van der Waals surface area contributed by atoms with Crippen LogP contribution in [-0.2, 0) is 0 Å². The minimum absolute atomic E-state index is 0.530. The van der Waals surface area contributed by atoms with Crippen LogP contribution in [-0.4, -0.2) is 10.2 Å². The molecule has 2 nitrogen and oxygen atoms in total. The Morgan fingerprint density at radius 2 is 2.27 bits per heavy atom. The van der Waals surface area contributed by atoms with Gasteiger partial charge in [-0.05, 0) is 30.9 Å². The van der Waals surface area contributed by atoms with Gasteiger partial charge in [-0.2, -0.15) is 10.2 Å². The van der Waals surface area contributed by atoms with Crippen LogP contribution in [0.2, 0.25) is 0 Å². The summed E-state index contributed by atoms with van der Waals surface area (Å²) in [7, 11) is 0. The van der Waals surface area contributed by atoms with Crippen molar-refractivity contribution in [2.45, 2.75) is 33.1 Å². The first-order chi connectivity index (χ1) is 5.24. The molecule has 0 aliphatic carbocycles. The van der Waals surface area contributed by atoms with Crippen molar-refractivity contribution < 1.29 is 0 Å². The van der Waals surface area contributed by atoms with Gasteiger partial charge in [-0.25, -0.2) is 0 Å². The van der Waals surface area contributed by atoms with Gasteiger partial charge in [0.15, 0.2) is 0 Å². The second-order valence-corrected chi connectivity index (χ2v) is 2.97. The topological polar surface area (TPSA) is 25.8 Å². The summed E-state index contributed by atoms with van der Waals surface area (Å²) in [6.45, 7) is 6.37. The number of aromatic nitrogens is 2. The van der Waals surface area contributed by atoms with Crippen LogP contribution in [0, 0.1) is 6.92 Å². The molecule has 1 aromatic rings. The molecule has 1 unspecified atom stereocenters. The van der Waals surface area contributed by atoms with Crippen LogP contribution in [0.5, 0.6) is 0 Å². The van der Waals surface area contributed by atoms with E-state index in [9.17, 15) is 0 Å². The number of hydrogen-bond donors (Lipinski definition) is 0. The van der Waals surface area contributed by atoms with E-state index >= 15 is 0 Å². The summed E-state index contributed by atoms with van der Waals surface area (Å²) in [6.07, 6.45) is 2.91. The Morgan fingerprint density at radius 1 is 1.55 bits per heavy atom. The molecule has 1 atom stereocenters. The molecule has 0 fully saturated rings. The van der Waals surface area contributed by atoms with Gasteiger partial charge in [0.1, 0.15) is 0 Å².